The second-order valence-corrected chi connectivity index (χ2v) is 8.19. The van der Waals surface area contributed by atoms with Crippen LogP contribution in [0.15, 0.2) is 9.59 Å². The second-order valence-electron chi connectivity index (χ2n) is 4.55. The van der Waals surface area contributed by atoms with Crippen LogP contribution in [0.5, 0.6) is 0 Å². The maximum Gasteiger partial charge on any atom is 0.339 e. The van der Waals surface area contributed by atoms with Crippen molar-refractivity contribution in [2.75, 3.05) is 6.61 Å². The first-order chi connectivity index (χ1) is 9.38. The maximum absolute atomic E-state index is 11.8. The quantitative estimate of drug-likeness (QED) is 0.406. The summed E-state index contributed by atoms with van der Waals surface area (Å²) >= 11 is 0.941. The zero-order valence-electron chi connectivity index (χ0n) is 11.6. The summed E-state index contributed by atoms with van der Waals surface area (Å²) in [6.45, 7) is 4.06. The Morgan fingerprint density at radius 3 is 2.50 bits per heavy atom. The van der Waals surface area contributed by atoms with Crippen molar-refractivity contribution >= 4 is 37.0 Å². The van der Waals surface area contributed by atoms with Gasteiger partial charge in [-0.25, -0.2) is 13.2 Å². The molecule has 4 nitrogen and oxygen atoms in total. The van der Waals surface area contributed by atoms with Crippen LogP contribution in [-0.2, 0) is 13.8 Å². The summed E-state index contributed by atoms with van der Waals surface area (Å²) in [5.74, 6) is -0.485. The monoisotopic (exact) mass is 338 g/mol. The molecule has 0 saturated carbocycles. The van der Waals surface area contributed by atoms with Gasteiger partial charge in [0.15, 0.2) is 0 Å². The number of ether oxygens (including phenoxy) is 1. The average Bonchev–Trinajstić information content (AvgIpc) is 2.75. The fourth-order valence-electron chi connectivity index (χ4n) is 1.79. The number of esters is 1. The lowest BCUT2D eigenvalue weighted by molar-refractivity contribution is 0.0497. The van der Waals surface area contributed by atoms with E-state index in [0.717, 1.165) is 30.6 Å². The van der Waals surface area contributed by atoms with Crippen molar-refractivity contribution < 1.29 is 17.9 Å². The molecule has 0 unspecified atom stereocenters. The lowest BCUT2D eigenvalue weighted by Gasteiger charge is -2.04. The second kappa shape index (κ2) is 8.00. The summed E-state index contributed by atoms with van der Waals surface area (Å²) in [5.41, 5.74) is 0.642. The minimum absolute atomic E-state index is 0.00839. The lowest BCUT2D eigenvalue weighted by Crippen LogP contribution is -2.07. The predicted molar refractivity (Wildman–Crippen MR) is 81.1 cm³/mol. The van der Waals surface area contributed by atoms with Gasteiger partial charge in [0.1, 0.15) is 4.21 Å². The Morgan fingerprint density at radius 1 is 1.30 bits per heavy atom. The van der Waals surface area contributed by atoms with Crippen LogP contribution in [0, 0.1) is 6.92 Å². The Labute approximate surface area is 128 Å². The van der Waals surface area contributed by atoms with Crippen LogP contribution in [0.4, 0.5) is 0 Å². The summed E-state index contributed by atoms with van der Waals surface area (Å²) in [7, 11) is 1.49. The standard InChI is InChI=1S/C13H19ClO4S2/c1-3-4-5-6-7-8-18-12(15)11-9-19-13(10(11)2)20(14,16)17/h9H,3-8H2,1-2H3. The predicted octanol–water partition coefficient (Wildman–Crippen LogP) is 4.11. The molecule has 0 radical (unpaired) electrons. The van der Waals surface area contributed by atoms with Crippen LogP contribution >= 0.6 is 22.0 Å². The Balaban J connectivity index is 2.51. The normalized spacial score (nSPS) is 11.6. The van der Waals surface area contributed by atoms with Gasteiger partial charge >= 0.3 is 5.97 Å². The van der Waals surface area contributed by atoms with Crippen LogP contribution in [0.3, 0.4) is 0 Å². The van der Waals surface area contributed by atoms with E-state index in [2.05, 4.69) is 6.92 Å². The molecule has 20 heavy (non-hydrogen) atoms. The Morgan fingerprint density at radius 2 is 1.95 bits per heavy atom. The number of hydrogen-bond acceptors (Lipinski definition) is 5. The summed E-state index contributed by atoms with van der Waals surface area (Å²) in [5, 5.41) is 1.48. The van der Waals surface area contributed by atoms with E-state index in [9.17, 15) is 13.2 Å². The smallest absolute Gasteiger partial charge is 0.339 e. The molecule has 0 N–H and O–H groups in total. The molecule has 7 heteroatoms. The number of carbonyl (C=O) groups excluding carboxylic acids is 1. The molecule has 0 aromatic carbocycles. The zero-order valence-corrected chi connectivity index (χ0v) is 14.0. The van der Waals surface area contributed by atoms with Crippen molar-refractivity contribution in [3.05, 3.63) is 16.5 Å². The summed E-state index contributed by atoms with van der Waals surface area (Å²) in [6, 6.07) is 0. The van der Waals surface area contributed by atoms with Gasteiger partial charge in [0, 0.05) is 16.1 Å². The molecule has 0 amide bonds. The molecule has 1 rings (SSSR count). The van der Waals surface area contributed by atoms with E-state index >= 15 is 0 Å². The van der Waals surface area contributed by atoms with Gasteiger partial charge in [-0.2, -0.15) is 0 Å². The Hall–Kier alpha value is -0.590. The van der Waals surface area contributed by atoms with Crippen LogP contribution in [-0.4, -0.2) is 21.0 Å². The number of rotatable bonds is 8. The minimum atomic E-state index is -3.80. The van der Waals surface area contributed by atoms with Gasteiger partial charge in [-0.15, -0.1) is 11.3 Å². The van der Waals surface area contributed by atoms with Gasteiger partial charge in [0.05, 0.1) is 12.2 Å². The molecule has 0 bridgehead atoms. The van der Waals surface area contributed by atoms with Crippen molar-refractivity contribution in [1.82, 2.24) is 0 Å². The molecule has 0 aliphatic heterocycles. The summed E-state index contributed by atoms with van der Waals surface area (Å²) in [6.07, 6.45) is 5.36. The molecule has 0 aliphatic carbocycles. The van der Waals surface area contributed by atoms with E-state index in [0.29, 0.717) is 12.2 Å². The fraction of sp³-hybridized carbons (Fsp3) is 0.615. The van der Waals surface area contributed by atoms with Gasteiger partial charge in [-0.1, -0.05) is 32.6 Å². The van der Waals surface area contributed by atoms with Crippen LogP contribution < -0.4 is 0 Å². The van der Waals surface area contributed by atoms with Crippen LogP contribution in [0.25, 0.3) is 0 Å². The van der Waals surface area contributed by atoms with Crippen molar-refractivity contribution in [3.8, 4) is 0 Å². The highest BCUT2D eigenvalue weighted by Gasteiger charge is 2.22. The third kappa shape index (κ3) is 5.07. The van der Waals surface area contributed by atoms with Gasteiger partial charge in [0.25, 0.3) is 9.05 Å². The first-order valence-corrected chi connectivity index (χ1v) is 9.76. The topological polar surface area (TPSA) is 60.4 Å². The highest BCUT2D eigenvalue weighted by atomic mass is 35.7. The lowest BCUT2D eigenvalue weighted by atomic mass is 10.2. The molecule has 0 spiro atoms. The van der Waals surface area contributed by atoms with E-state index in [4.69, 9.17) is 15.4 Å². The molecule has 1 heterocycles. The molecule has 0 saturated heterocycles. The average molecular weight is 339 g/mol. The SMILES string of the molecule is CCCCCCCOC(=O)c1csc(S(=O)(=O)Cl)c1C. The van der Waals surface area contributed by atoms with E-state index in [1.165, 1.54) is 18.2 Å². The van der Waals surface area contributed by atoms with Gasteiger partial charge in [-0.05, 0) is 18.9 Å². The number of hydrogen-bond donors (Lipinski definition) is 0. The Kier molecular flexibility index (Phi) is 6.99. The Bertz CT molecular complexity index is 549. The molecule has 0 aliphatic rings. The number of thiophene rings is 1. The summed E-state index contributed by atoms with van der Waals surface area (Å²) in [4.78, 5) is 11.8. The summed E-state index contributed by atoms with van der Waals surface area (Å²) < 4.78 is 27.7. The molecular weight excluding hydrogens is 320 g/mol. The maximum atomic E-state index is 11.8. The molecular formula is C13H19ClO4S2. The third-order valence-electron chi connectivity index (χ3n) is 2.92. The molecule has 0 fully saturated rings. The van der Waals surface area contributed by atoms with Crippen LogP contribution in [0.2, 0.25) is 0 Å². The minimum Gasteiger partial charge on any atom is -0.462 e. The van der Waals surface area contributed by atoms with Gasteiger partial charge < -0.3 is 4.74 Å². The first-order valence-electron chi connectivity index (χ1n) is 6.57. The molecule has 1 aromatic heterocycles. The van der Waals surface area contributed by atoms with Gasteiger partial charge in [0.2, 0.25) is 0 Å². The van der Waals surface area contributed by atoms with Gasteiger partial charge in [-0.3, -0.25) is 0 Å². The number of carbonyl (C=O) groups is 1. The van der Waals surface area contributed by atoms with Crippen LogP contribution in [0.1, 0.15) is 54.9 Å². The third-order valence-corrected chi connectivity index (χ3v) is 6.22. The largest absolute Gasteiger partial charge is 0.462 e. The molecule has 0 atom stereocenters. The number of unbranched alkanes of at least 4 members (excludes halogenated alkanes) is 4. The zero-order chi connectivity index (χ0) is 15.2. The highest BCUT2D eigenvalue weighted by Crippen LogP contribution is 2.29. The van der Waals surface area contributed by atoms with E-state index in [1.54, 1.807) is 6.92 Å². The van der Waals surface area contributed by atoms with Crippen molar-refractivity contribution in [2.24, 2.45) is 0 Å². The van der Waals surface area contributed by atoms with E-state index in [-0.39, 0.29) is 9.77 Å². The van der Waals surface area contributed by atoms with Crippen molar-refractivity contribution in [1.29, 1.82) is 0 Å². The molecule has 114 valence electrons. The molecule has 1 aromatic rings. The van der Waals surface area contributed by atoms with E-state index in [1.807, 2.05) is 0 Å². The number of halogens is 1. The van der Waals surface area contributed by atoms with Crippen molar-refractivity contribution in [3.63, 3.8) is 0 Å². The fourth-order valence-corrected chi connectivity index (χ4v) is 4.33. The van der Waals surface area contributed by atoms with Crippen molar-refractivity contribution in [2.45, 2.75) is 50.2 Å². The first kappa shape index (κ1) is 17.5. The van der Waals surface area contributed by atoms with E-state index < -0.39 is 15.0 Å². The highest BCUT2D eigenvalue weighted by molar-refractivity contribution is 8.15.